The molecule has 1 aromatic carbocycles. The van der Waals surface area contributed by atoms with Crippen molar-refractivity contribution in [1.82, 2.24) is 4.90 Å². The van der Waals surface area contributed by atoms with Crippen LogP contribution in [0.5, 0.6) is 0 Å². The van der Waals surface area contributed by atoms with Crippen LogP contribution in [0.25, 0.3) is 11.0 Å². The number of benzene rings is 1. The molecule has 0 saturated carbocycles. The van der Waals surface area contributed by atoms with Gasteiger partial charge in [-0.3, -0.25) is 4.79 Å². The van der Waals surface area contributed by atoms with Crippen molar-refractivity contribution >= 4 is 16.9 Å². The average molecular weight is 301 g/mol. The van der Waals surface area contributed by atoms with Crippen LogP contribution in [0.3, 0.4) is 0 Å². The standard InChI is InChI=1S/C18H23NO3/c1-11-5-16-15(10-21-17(16)6-12(11)2)7-18(20)19-8-13(3)22-14(4)9-19/h5-6,10,13-14H,7-9H2,1-4H3/t13-,14-/m1/s1. The first kappa shape index (κ1) is 15.1. The van der Waals surface area contributed by atoms with E-state index in [-0.39, 0.29) is 18.1 Å². The van der Waals surface area contributed by atoms with E-state index in [9.17, 15) is 4.79 Å². The lowest BCUT2D eigenvalue weighted by atomic mass is 10.0. The lowest BCUT2D eigenvalue weighted by Crippen LogP contribution is -2.48. The molecule has 3 rings (SSSR count). The Balaban J connectivity index is 1.81. The number of ether oxygens (including phenoxy) is 1. The summed E-state index contributed by atoms with van der Waals surface area (Å²) in [4.78, 5) is 14.5. The van der Waals surface area contributed by atoms with E-state index in [1.165, 1.54) is 11.1 Å². The monoisotopic (exact) mass is 301 g/mol. The van der Waals surface area contributed by atoms with Crippen LogP contribution in [0.4, 0.5) is 0 Å². The smallest absolute Gasteiger partial charge is 0.227 e. The van der Waals surface area contributed by atoms with Crippen LogP contribution in [-0.2, 0) is 16.0 Å². The molecule has 2 atom stereocenters. The Labute approximate surface area is 131 Å². The van der Waals surface area contributed by atoms with E-state index in [1.807, 2.05) is 24.8 Å². The molecule has 0 aliphatic carbocycles. The molecule has 1 aromatic heterocycles. The zero-order valence-corrected chi connectivity index (χ0v) is 13.7. The van der Waals surface area contributed by atoms with Gasteiger partial charge in [0.25, 0.3) is 0 Å². The van der Waals surface area contributed by atoms with Gasteiger partial charge in [0, 0.05) is 24.0 Å². The highest BCUT2D eigenvalue weighted by atomic mass is 16.5. The van der Waals surface area contributed by atoms with Gasteiger partial charge >= 0.3 is 0 Å². The van der Waals surface area contributed by atoms with Gasteiger partial charge in [-0.1, -0.05) is 0 Å². The van der Waals surface area contributed by atoms with Gasteiger partial charge in [-0.2, -0.15) is 0 Å². The maximum absolute atomic E-state index is 12.6. The van der Waals surface area contributed by atoms with E-state index >= 15 is 0 Å². The molecule has 0 radical (unpaired) electrons. The zero-order valence-electron chi connectivity index (χ0n) is 13.7. The lowest BCUT2D eigenvalue weighted by Gasteiger charge is -2.35. The number of carbonyl (C=O) groups is 1. The largest absolute Gasteiger partial charge is 0.464 e. The third-order valence-electron chi connectivity index (χ3n) is 4.38. The van der Waals surface area contributed by atoms with E-state index in [4.69, 9.17) is 9.15 Å². The van der Waals surface area contributed by atoms with E-state index in [0.717, 1.165) is 16.5 Å². The Bertz CT molecular complexity index is 694. The highest BCUT2D eigenvalue weighted by Crippen LogP contribution is 2.25. The van der Waals surface area contributed by atoms with Crippen molar-refractivity contribution < 1.29 is 13.9 Å². The van der Waals surface area contributed by atoms with Crippen molar-refractivity contribution in [3.8, 4) is 0 Å². The van der Waals surface area contributed by atoms with Gasteiger partial charge in [0.05, 0.1) is 24.9 Å². The maximum Gasteiger partial charge on any atom is 0.227 e. The Morgan fingerprint density at radius 2 is 1.82 bits per heavy atom. The van der Waals surface area contributed by atoms with Gasteiger partial charge in [-0.05, 0) is 51.0 Å². The minimum Gasteiger partial charge on any atom is -0.464 e. The van der Waals surface area contributed by atoms with Gasteiger partial charge in [0.15, 0.2) is 0 Å². The molecule has 4 heteroatoms. The van der Waals surface area contributed by atoms with Crippen LogP contribution in [-0.4, -0.2) is 36.1 Å². The van der Waals surface area contributed by atoms with Crippen LogP contribution < -0.4 is 0 Å². The number of nitrogens with zero attached hydrogens (tertiary/aromatic N) is 1. The number of aryl methyl sites for hydroxylation is 2. The predicted octanol–water partition coefficient (Wildman–Crippen LogP) is 3.23. The molecule has 2 heterocycles. The SMILES string of the molecule is Cc1cc2occ(CC(=O)N3C[C@@H](C)O[C@H](C)C3)c2cc1C. The Hall–Kier alpha value is -1.81. The Kier molecular flexibility index (Phi) is 3.96. The van der Waals surface area contributed by atoms with Crippen LogP contribution in [0, 0.1) is 13.8 Å². The summed E-state index contributed by atoms with van der Waals surface area (Å²) >= 11 is 0. The highest BCUT2D eigenvalue weighted by Gasteiger charge is 2.26. The number of fused-ring (bicyclic) bond motifs is 1. The normalized spacial score (nSPS) is 22.3. The van der Waals surface area contributed by atoms with Crippen molar-refractivity contribution in [2.24, 2.45) is 0 Å². The predicted molar refractivity (Wildman–Crippen MR) is 86.0 cm³/mol. The van der Waals surface area contributed by atoms with Crippen LogP contribution in [0.1, 0.15) is 30.5 Å². The molecule has 1 fully saturated rings. The highest BCUT2D eigenvalue weighted by molar-refractivity contribution is 5.88. The molecular formula is C18H23NO3. The molecule has 1 amide bonds. The number of hydrogen-bond acceptors (Lipinski definition) is 3. The first-order valence-electron chi connectivity index (χ1n) is 7.84. The van der Waals surface area contributed by atoms with E-state index in [1.54, 1.807) is 6.26 Å². The summed E-state index contributed by atoms with van der Waals surface area (Å²) in [5, 5.41) is 1.05. The summed E-state index contributed by atoms with van der Waals surface area (Å²) in [6.07, 6.45) is 2.29. The van der Waals surface area contributed by atoms with Gasteiger partial charge in [0.1, 0.15) is 5.58 Å². The summed E-state index contributed by atoms with van der Waals surface area (Å²) < 4.78 is 11.3. The van der Waals surface area contributed by atoms with E-state index < -0.39 is 0 Å². The van der Waals surface area contributed by atoms with Gasteiger partial charge < -0.3 is 14.1 Å². The van der Waals surface area contributed by atoms with Gasteiger partial charge in [0.2, 0.25) is 5.91 Å². The number of hydrogen-bond donors (Lipinski definition) is 0. The Morgan fingerprint density at radius 1 is 1.18 bits per heavy atom. The number of morpholine rings is 1. The third kappa shape index (κ3) is 2.88. The molecule has 1 aliphatic rings. The summed E-state index contributed by atoms with van der Waals surface area (Å²) in [6, 6.07) is 4.15. The zero-order chi connectivity index (χ0) is 15.9. The minimum absolute atomic E-state index is 0.0960. The Morgan fingerprint density at radius 3 is 2.50 bits per heavy atom. The van der Waals surface area contributed by atoms with Gasteiger partial charge in [-0.15, -0.1) is 0 Å². The molecule has 1 saturated heterocycles. The van der Waals surface area contributed by atoms with Gasteiger partial charge in [-0.25, -0.2) is 0 Å². The topological polar surface area (TPSA) is 42.7 Å². The minimum atomic E-state index is 0.0960. The van der Waals surface area contributed by atoms with Crippen molar-refractivity contribution in [1.29, 1.82) is 0 Å². The molecule has 0 bridgehead atoms. The fourth-order valence-corrected chi connectivity index (χ4v) is 3.13. The number of carbonyl (C=O) groups excluding carboxylic acids is 1. The molecule has 4 nitrogen and oxygen atoms in total. The molecule has 0 N–H and O–H groups in total. The second-order valence-corrected chi connectivity index (χ2v) is 6.43. The molecule has 2 aromatic rings. The molecule has 22 heavy (non-hydrogen) atoms. The fourth-order valence-electron chi connectivity index (χ4n) is 3.13. The van der Waals surface area contributed by atoms with Crippen LogP contribution >= 0.6 is 0 Å². The summed E-state index contributed by atoms with van der Waals surface area (Å²) in [5.74, 6) is 0.142. The number of furan rings is 1. The summed E-state index contributed by atoms with van der Waals surface area (Å²) in [5.41, 5.74) is 4.25. The average Bonchev–Trinajstić information content (AvgIpc) is 2.80. The molecule has 0 spiro atoms. The molecule has 0 unspecified atom stereocenters. The third-order valence-corrected chi connectivity index (χ3v) is 4.38. The van der Waals surface area contributed by atoms with Crippen LogP contribution in [0.15, 0.2) is 22.8 Å². The quantitative estimate of drug-likeness (QED) is 0.855. The van der Waals surface area contributed by atoms with Crippen molar-refractivity contribution in [3.05, 3.63) is 35.1 Å². The summed E-state index contributed by atoms with van der Waals surface area (Å²) in [6.45, 7) is 9.50. The van der Waals surface area contributed by atoms with E-state index in [2.05, 4.69) is 19.9 Å². The molecule has 118 valence electrons. The van der Waals surface area contributed by atoms with Crippen LogP contribution in [0.2, 0.25) is 0 Å². The second-order valence-electron chi connectivity index (χ2n) is 6.43. The number of rotatable bonds is 2. The number of amides is 1. The second kappa shape index (κ2) is 5.76. The molecule has 1 aliphatic heterocycles. The van der Waals surface area contributed by atoms with Crippen molar-refractivity contribution in [2.45, 2.75) is 46.3 Å². The van der Waals surface area contributed by atoms with Crippen molar-refractivity contribution in [3.63, 3.8) is 0 Å². The molecular weight excluding hydrogens is 278 g/mol. The van der Waals surface area contributed by atoms with E-state index in [0.29, 0.717) is 19.5 Å². The lowest BCUT2D eigenvalue weighted by molar-refractivity contribution is -0.142. The van der Waals surface area contributed by atoms with Crippen molar-refractivity contribution in [2.75, 3.05) is 13.1 Å². The maximum atomic E-state index is 12.6. The summed E-state index contributed by atoms with van der Waals surface area (Å²) in [7, 11) is 0. The first-order chi connectivity index (χ1) is 10.4. The fraction of sp³-hybridized carbons (Fsp3) is 0.500. The first-order valence-corrected chi connectivity index (χ1v) is 7.84.